The first kappa shape index (κ1) is 3.36. The molecular weight excluding hydrogens is 158 g/mol. The maximum atomic E-state index is 11.2. The van der Waals surface area contributed by atoms with Crippen LogP contribution in [-0.4, -0.2) is 23.0 Å². The summed E-state index contributed by atoms with van der Waals surface area (Å²) in [5.41, 5.74) is 0. The Morgan fingerprint density at radius 2 is 2.50 bits per heavy atom. The highest BCUT2D eigenvalue weighted by Crippen LogP contribution is 2.04. The molecule has 0 aliphatic carbocycles. The minimum Gasteiger partial charge on any atom is -0.480 e. The lowest BCUT2D eigenvalue weighted by atomic mass is 10.0. The Morgan fingerprint density at radius 1 is 1.92 bits per heavy atom. The Bertz CT molecular complexity index is 420. The van der Waals surface area contributed by atoms with Gasteiger partial charge in [0.2, 0.25) is 5.91 Å². The van der Waals surface area contributed by atoms with Gasteiger partial charge in [-0.05, 0) is 12.3 Å². The van der Waals surface area contributed by atoms with E-state index >= 15 is 0 Å². The van der Waals surface area contributed by atoms with E-state index in [1.165, 1.54) is 0 Å². The first-order valence-electron chi connectivity index (χ1n) is 7.03. The van der Waals surface area contributed by atoms with Crippen molar-refractivity contribution >= 4 is 11.9 Å². The second-order valence-corrected chi connectivity index (χ2v) is 2.03. The zero-order chi connectivity index (χ0) is 16.7. The Morgan fingerprint density at radius 3 is 2.83 bits per heavy atom. The molecule has 0 radical (unpaired) electrons. The van der Waals surface area contributed by atoms with E-state index < -0.39 is 42.3 Å². The summed E-state index contributed by atoms with van der Waals surface area (Å²) in [6.45, 7) is -1.94. The number of nitrogens with one attached hydrogen (secondary N) is 1. The van der Waals surface area contributed by atoms with Gasteiger partial charge in [0.25, 0.3) is 0 Å². The van der Waals surface area contributed by atoms with E-state index in [-0.39, 0.29) is 0 Å². The van der Waals surface area contributed by atoms with Gasteiger partial charge in [-0.25, -0.2) is 4.79 Å². The van der Waals surface area contributed by atoms with Crippen molar-refractivity contribution in [3.63, 3.8) is 0 Å². The van der Waals surface area contributed by atoms with Crippen LogP contribution >= 0.6 is 0 Å². The van der Waals surface area contributed by atoms with Gasteiger partial charge in [-0.15, -0.1) is 0 Å². The van der Waals surface area contributed by atoms with E-state index in [1.54, 1.807) is 0 Å². The molecule has 2 atom stereocenters. The molecule has 0 bridgehead atoms. The van der Waals surface area contributed by atoms with E-state index in [9.17, 15) is 9.59 Å². The number of rotatable bonds is 4. The monoisotopic (exact) mass is 181 g/mol. The molecule has 0 aliphatic heterocycles. The quantitative estimate of drug-likeness (QED) is 0.668. The Kier molecular flexibility index (Phi) is 1.33. The lowest BCUT2D eigenvalue weighted by Gasteiger charge is -2.14. The van der Waals surface area contributed by atoms with Crippen molar-refractivity contribution in [2.75, 3.05) is 0 Å². The van der Waals surface area contributed by atoms with Gasteiger partial charge in [0.1, 0.15) is 6.02 Å². The normalized spacial score (nSPS) is 32.2. The standard InChI is InChI=1S/C8H15NO3/c1-5(2)4-7(8(11)12)9-6(3)10/h5,7H,4H2,1-3H3,(H,9,10)(H,11,12)/t7-/m1/s1/i1D3,4D2,5D,7D/hD/t5?,7-. The highest BCUT2D eigenvalue weighted by atomic mass is 16.4. The van der Waals surface area contributed by atoms with Gasteiger partial charge in [0.05, 0.1) is 1.37 Å². The van der Waals surface area contributed by atoms with Gasteiger partial charge >= 0.3 is 5.97 Å². The molecule has 0 saturated carbocycles. The van der Waals surface area contributed by atoms with Crippen molar-refractivity contribution in [1.82, 2.24) is 5.31 Å². The van der Waals surface area contributed by atoms with E-state index in [2.05, 4.69) is 0 Å². The van der Waals surface area contributed by atoms with Gasteiger partial charge in [0, 0.05) is 15.1 Å². The largest absolute Gasteiger partial charge is 0.480 e. The molecule has 0 spiro atoms. The smallest absolute Gasteiger partial charge is 0.326 e. The maximum absolute atomic E-state index is 11.2. The highest BCUT2D eigenvalue weighted by Gasteiger charge is 2.18. The molecule has 4 heteroatoms. The van der Waals surface area contributed by atoms with Crippen LogP contribution in [0.25, 0.3) is 0 Å². The van der Waals surface area contributed by atoms with Gasteiger partial charge in [-0.2, -0.15) is 0 Å². The first-order valence-corrected chi connectivity index (χ1v) is 3.08. The Hall–Kier alpha value is -1.06. The maximum Gasteiger partial charge on any atom is 0.326 e. The third-order valence-corrected chi connectivity index (χ3v) is 0.778. The number of aliphatic carboxylic acids is 1. The lowest BCUT2D eigenvalue weighted by Crippen LogP contribution is -2.40. The number of carboxylic acid groups (broad SMARTS) is 1. The van der Waals surface area contributed by atoms with E-state index in [0.717, 1.165) is 6.92 Å². The third kappa shape index (κ3) is 4.71. The van der Waals surface area contributed by atoms with Crippen molar-refractivity contribution in [3.8, 4) is 0 Å². The molecule has 12 heavy (non-hydrogen) atoms. The van der Waals surface area contributed by atoms with Crippen LogP contribution in [0.3, 0.4) is 0 Å². The summed E-state index contributed by atoms with van der Waals surface area (Å²) in [6.07, 6.45) is -3.55. The van der Waals surface area contributed by atoms with Crippen LogP contribution in [0.2, 0.25) is 1.41 Å². The zero-order valence-electron chi connectivity index (χ0n) is 14.7. The van der Waals surface area contributed by atoms with Crippen molar-refractivity contribution in [1.29, 1.82) is 0 Å². The van der Waals surface area contributed by atoms with E-state index in [1.807, 2.05) is 0 Å². The van der Waals surface area contributed by atoms with Gasteiger partial charge in [0.15, 0.2) is 1.41 Å². The highest BCUT2D eigenvalue weighted by molar-refractivity contribution is 5.81. The Labute approximate surface area is 83.3 Å². The van der Waals surface area contributed by atoms with Crippen LogP contribution in [0.1, 0.15) is 36.7 Å². The van der Waals surface area contributed by atoms with Gasteiger partial charge < -0.3 is 10.4 Å². The summed E-state index contributed by atoms with van der Waals surface area (Å²) in [6, 6.07) is -3.58. The molecule has 0 aromatic rings. The molecule has 0 heterocycles. The Balaban J connectivity index is 6.22. The van der Waals surface area contributed by atoms with Crippen LogP contribution in [0.5, 0.6) is 0 Å². The van der Waals surface area contributed by atoms with Crippen molar-refractivity contribution in [2.45, 2.75) is 33.1 Å². The molecule has 70 valence electrons. The minimum absolute atomic E-state index is 0.478. The second kappa shape index (κ2) is 4.74. The molecule has 0 fully saturated rings. The number of hydrogen-bond donors (Lipinski definition) is 2. The summed E-state index contributed by atoms with van der Waals surface area (Å²) in [7, 11) is 0. The van der Waals surface area contributed by atoms with Crippen LogP contribution in [0.15, 0.2) is 0 Å². The molecular formula is C8H15NO3. The molecule has 0 aliphatic rings. The number of hydrogen-bond acceptors (Lipinski definition) is 2. The number of carbonyl (C=O) groups excluding carboxylic acids is 1. The third-order valence-electron chi connectivity index (χ3n) is 0.778. The van der Waals surface area contributed by atoms with Crippen molar-refractivity contribution < 1.29 is 25.7 Å². The topological polar surface area (TPSA) is 66.4 Å². The predicted octanol–water partition coefficient (Wildman–Crippen LogP) is 0.622. The van der Waals surface area contributed by atoms with Crippen LogP contribution in [-0.2, 0) is 9.59 Å². The average molecular weight is 181 g/mol. The van der Waals surface area contributed by atoms with Crippen LogP contribution in [0.4, 0.5) is 0 Å². The van der Waals surface area contributed by atoms with Gasteiger partial charge in [-0.1, -0.05) is 13.8 Å². The zero-order valence-corrected chi connectivity index (χ0v) is 6.71. The molecule has 2 N–H and O–H groups in total. The average Bonchev–Trinajstić information content (AvgIpc) is 2.24. The SMILES string of the molecule is [2H]N(C(C)=O)[C@@]([2H])(C(=O)O)C([2H])([2H])C([2H])(C)C([2H])([2H])[2H]. The summed E-state index contributed by atoms with van der Waals surface area (Å²) in [5.74, 6) is -6.54. The van der Waals surface area contributed by atoms with Crippen molar-refractivity contribution in [3.05, 3.63) is 0 Å². The van der Waals surface area contributed by atoms with Crippen molar-refractivity contribution in [2.24, 2.45) is 5.89 Å². The molecule has 0 aromatic carbocycles. The molecule has 0 rings (SSSR count). The molecule has 4 nitrogen and oxygen atoms in total. The van der Waals surface area contributed by atoms with E-state index in [0.29, 0.717) is 6.92 Å². The number of carbonyl (C=O) groups is 2. The second-order valence-electron chi connectivity index (χ2n) is 2.03. The van der Waals surface area contributed by atoms with Gasteiger partial charge in [-0.3, -0.25) is 4.79 Å². The molecule has 0 saturated heterocycles. The predicted molar refractivity (Wildman–Crippen MR) is 44.7 cm³/mol. The molecule has 1 unspecified atom stereocenters. The lowest BCUT2D eigenvalue weighted by molar-refractivity contribution is -0.142. The molecule has 1 amide bonds. The summed E-state index contributed by atoms with van der Waals surface area (Å²) in [5, 5.41) is 8.53. The fourth-order valence-corrected chi connectivity index (χ4v) is 0.464. The summed E-state index contributed by atoms with van der Waals surface area (Å²) >= 11 is 0. The summed E-state index contributed by atoms with van der Waals surface area (Å²) < 4.78 is 59.1. The molecule has 0 aromatic heterocycles. The van der Waals surface area contributed by atoms with Crippen LogP contribution in [0, 0.1) is 5.89 Å². The summed E-state index contributed by atoms with van der Waals surface area (Å²) in [4.78, 5) is 22.3. The fraction of sp³-hybridized carbons (Fsp3) is 0.750. The number of carboxylic acids is 1. The van der Waals surface area contributed by atoms with E-state index in [4.69, 9.17) is 16.1 Å². The number of amides is 1. The van der Waals surface area contributed by atoms with Crippen LogP contribution < -0.4 is 5.31 Å². The minimum atomic E-state index is -3.58. The fourth-order valence-electron chi connectivity index (χ4n) is 0.464. The first-order chi connectivity index (χ1) is 8.55.